The molecule has 0 amide bonds. The number of rotatable bonds is 0. The molecule has 3 aliphatic rings. The third-order valence-corrected chi connectivity index (χ3v) is 3.98. The maximum absolute atomic E-state index is 11.6. The molecule has 2 bridgehead atoms. The lowest BCUT2D eigenvalue weighted by Crippen LogP contribution is -2.60. The van der Waals surface area contributed by atoms with Gasteiger partial charge in [-0.15, -0.1) is 0 Å². The van der Waals surface area contributed by atoms with E-state index in [1.54, 1.807) is 0 Å². The quantitative estimate of drug-likeness (QED) is 0.585. The zero-order chi connectivity index (χ0) is 9.09. The summed E-state index contributed by atoms with van der Waals surface area (Å²) in [4.78, 5) is 11.6. The van der Waals surface area contributed by atoms with E-state index in [0.29, 0.717) is 11.6 Å². The van der Waals surface area contributed by atoms with Gasteiger partial charge in [0.2, 0.25) is 0 Å². The highest BCUT2D eigenvalue weighted by Gasteiger charge is 2.59. The Morgan fingerprint density at radius 3 is 2.50 bits per heavy atom. The smallest absolute Gasteiger partial charge is 0.180 e. The second kappa shape index (κ2) is 1.98. The first-order chi connectivity index (χ1) is 5.46. The third kappa shape index (κ3) is 0.661. The summed E-state index contributed by atoms with van der Waals surface area (Å²) in [5, 5.41) is 7.59. The molecule has 3 rings (SSSR count). The summed E-state index contributed by atoms with van der Waals surface area (Å²) in [6, 6.07) is 0. The summed E-state index contributed by atoms with van der Waals surface area (Å²) in [7, 11) is 0. The molecule has 0 aromatic carbocycles. The van der Waals surface area contributed by atoms with Crippen LogP contribution in [0.1, 0.15) is 27.2 Å². The van der Waals surface area contributed by atoms with Gasteiger partial charge >= 0.3 is 0 Å². The highest BCUT2D eigenvalue weighted by molar-refractivity contribution is 6.41. The second-order valence-corrected chi connectivity index (χ2v) is 4.78. The van der Waals surface area contributed by atoms with E-state index in [4.69, 9.17) is 5.41 Å². The van der Waals surface area contributed by atoms with E-state index < -0.39 is 0 Å². The molecule has 0 aromatic heterocycles. The Kier molecular flexibility index (Phi) is 1.31. The number of carbonyl (C=O) groups excluding carboxylic acids is 1. The van der Waals surface area contributed by atoms with Crippen LogP contribution < -0.4 is 0 Å². The normalized spacial score (nSPS) is 44.1. The van der Waals surface area contributed by atoms with Crippen LogP contribution in [0.25, 0.3) is 0 Å². The predicted molar refractivity (Wildman–Crippen MR) is 47.3 cm³/mol. The van der Waals surface area contributed by atoms with Gasteiger partial charge in [0.05, 0.1) is 5.71 Å². The Balaban J connectivity index is 2.36. The molecule has 3 saturated carbocycles. The lowest BCUT2D eigenvalue weighted by atomic mass is 9.45. The summed E-state index contributed by atoms with van der Waals surface area (Å²) >= 11 is 0. The van der Waals surface area contributed by atoms with Gasteiger partial charge in [-0.05, 0) is 17.8 Å². The zero-order valence-corrected chi connectivity index (χ0v) is 7.85. The molecule has 0 spiro atoms. The molecule has 2 nitrogen and oxygen atoms in total. The van der Waals surface area contributed by atoms with E-state index in [0.717, 1.165) is 6.42 Å². The van der Waals surface area contributed by atoms with Crippen LogP contribution in [0.3, 0.4) is 0 Å². The predicted octanol–water partition coefficient (Wildman–Crippen LogP) is 1.89. The van der Waals surface area contributed by atoms with Crippen molar-refractivity contribution in [2.75, 3.05) is 0 Å². The molecule has 3 atom stereocenters. The van der Waals surface area contributed by atoms with E-state index in [1.807, 2.05) is 6.92 Å². The van der Waals surface area contributed by atoms with Crippen molar-refractivity contribution in [3.05, 3.63) is 0 Å². The molecule has 0 heterocycles. The van der Waals surface area contributed by atoms with E-state index in [1.165, 1.54) is 0 Å². The van der Waals surface area contributed by atoms with Gasteiger partial charge < -0.3 is 5.41 Å². The van der Waals surface area contributed by atoms with Crippen molar-refractivity contribution in [1.82, 2.24) is 0 Å². The van der Waals surface area contributed by atoms with Gasteiger partial charge in [0.1, 0.15) is 0 Å². The van der Waals surface area contributed by atoms with Crippen molar-refractivity contribution in [2.24, 2.45) is 23.2 Å². The lowest BCUT2D eigenvalue weighted by molar-refractivity contribution is -0.139. The molecule has 3 aliphatic carbocycles. The highest BCUT2D eigenvalue weighted by Crippen LogP contribution is 2.58. The second-order valence-electron chi connectivity index (χ2n) is 4.78. The number of hydrogen-bond acceptors (Lipinski definition) is 2. The number of hydrogen-bond donors (Lipinski definition) is 1. The van der Waals surface area contributed by atoms with E-state index in [-0.39, 0.29) is 23.0 Å². The van der Waals surface area contributed by atoms with Crippen LogP contribution in [-0.4, -0.2) is 11.5 Å². The van der Waals surface area contributed by atoms with E-state index in [9.17, 15) is 4.79 Å². The summed E-state index contributed by atoms with van der Waals surface area (Å²) in [5.74, 6) is 1.03. The Morgan fingerprint density at radius 2 is 2.08 bits per heavy atom. The molecule has 1 N–H and O–H groups in total. The van der Waals surface area contributed by atoms with Gasteiger partial charge in [-0.1, -0.05) is 20.8 Å². The Labute approximate surface area is 72.9 Å². The molecule has 0 aliphatic heterocycles. The first kappa shape index (κ1) is 7.96. The van der Waals surface area contributed by atoms with Crippen molar-refractivity contribution < 1.29 is 4.79 Å². The molecule has 66 valence electrons. The average molecular weight is 165 g/mol. The van der Waals surface area contributed by atoms with Gasteiger partial charge in [-0.2, -0.15) is 0 Å². The Hall–Kier alpha value is -0.660. The van der Waals surface area contributed by atoms with Crippen LogP contribution >= 0.6 is 0 Å². The van der Waals surface area contributed by atoms with Crippen molar-refractivity contribution in [1.29, 1.82) is 5.41 Å². The van der Waals surface area contributed by atoms with Crippen molar-refractivity contribution in [2.45, 2.75) is 27.2 Å². The molecule has 3 unspecified atom stereocenters. The number of fused-ring (bicyclic) bond motifs is 2. The van der Waals surface area contributed by atoms with E-state index >= 15 is 0 Å². The molecule has 2 heteroatoms. The van der Waals surface area contributed by atoms with E-state index in [2.05, 4.69) is 13.8 Å². The fraction of sp³-hybridized carbons (Fsp3) is 0.800. The van der Waals surface area contributed by atoms with Crippen LogP contribution in [0.15, 0.2) is 0 Å². The molecule has 0 saturated heterocycles. The molecule has 0 radical (unpaired) electrons. The van der Waals surface area contributed by atoms with Gasteiger partial charge in [0.25, 0.3) is 0 Å². The fourth-order valence-corrected chi connectivity index (χ4v) is 2.87. The molecule has 3 fully saturated rings. The molecule has 0 aromatic rings. The van der Waals surface area contributed by atoms with Crippen LogP contribution in [0.5, 0.6) is 0 Å². The first-order valence-electron chi connectivity index (χ1n) is 4.59. The van der Waals surface area contributed by atoms with Crippen molar-refractivity contribution >= 4 is 11.5 Å². The van der Waals surface area contributed by atoms with Crippen molar-refractivity contribution in [3.8, 4) is 0 Å². The maximum atomic E-state index is 11.6. The van der Waals surface area contributed by atoms with Crippen LogP contribution in [0, 0.1) is 28.6 Å². The molecular weight excluding hydrogens is 150 g/mol. The summed E-state index contributed by atoms with van der Waals surface area (Å²) in [6.45, 7) is 6.33. The average Bonchev–Trinajstić information content (AvgIpc) is 1.98. The van der Waals surface area contributed by atoms with Crippen LogP contribution in [0.4, 0.5) is 0 Å². The van der Waals surface area contributed by atoms with Gasteiger partial charge in [-0.3, -0.25) is 4.79 Å². The zero-order valence-electron chi connectivity index (χ0n) is 7.85. The largest absolute Gasteiger partial charge is 0.301 e. The molecule has 12 heavy (non-hydrogen) atoms. The molecular formula is C10H15NO. The number of Topliss-reactive ketones (excluding diaryl/α,β-unsaturated/α-hetero) is 1. The lowest BCUT2D eigenvalue weighted by Gasteiger charge is -2.58. The third-order valence-electron chi connectivity index (χ3n) is 3.98. The van der Waals surface area contributed by atoms with Crippen LogP contribution in [-0.2, 0) is 4.79 Å². The monoisotopic (exact) mass is 165 g/mol. The Morgan fingerprint density at radius 1 is 1.50 bits per heavy atom. The topological polar surface area (TPSA) is 40.9 Å². The number of nitrogens with one attached hydrogen (secondary N) is 1. The minimum Gasteiger partial charge on any atom is -0.301 e. The SMILES string of the molecule is CC1C(=N)C(=O)C2CC1C2(C)C. The van der Waals surface area contributed by atoms with Crippen molar-refractivity contribution in [3.63, 3.8) is 0 Å². The summed E-state index contributed by atoms with van der Waals surface area (Å²) < 4.78 is 0. The van der Waals surface area contributed by atoms with Gasteiger partial charge in [0.15, 0.2) is 5.78 Å². The van der Waals surface area contributed by atoms with Crippen LogP contribution in [0.2, 0.25) is 0 Å². The number of ketones is 1. The maximum Gasteiger partial charge on any atom is 0.180 e. The van der Waals surface area contributed by atoms with Gasteiger partial charge in [0, 0.05) is 11.8 Å². The summed E-state index contributed by atoms with van der Waals surface area (Å²) in [5.41, 5.74) is 0.539. The summed E-state index contributed by atoms with van der Waals surface area (Å²) in [6.07, 6.45) is 1.02. The standard InChI is InChI=1S/C10H15NO/c1-5-6-4-7(10(6,2)3)9(12)8(5)11/h5-7,11H,4H2,1-3H3. The Bertz CT molecular complexity index is 267. The minimum absolute atomic E-state index is 0.106. The number of carbonyl (C=O) groups is 1. The van der Waals surface area contributed by atoms with Gasteiger partial charge in [-0.25, -0.2) is 0 Å². The minimum atomic E-state index is 0.106. The first-order valence-corrected chi connectivity index (χ1v) is 4.59. The highest BCUT2D eigenvalue weighted by atomic mass is 16.1. The fourth-order valence-electron chi connectivity index (χ4n) is 2.87.